The van der Waals surface area contributed by atoms with Gasteiger partial charge in [0, 0.05) is 18.5 Å². The number of nitrogens with one attached hydrogen (secondary N) is 1. The van der Waals surface area contributed by atoms with Gasteiger partial charge in [-0.25, -0.2) is 0 Å². The lowest BCUT2D eigenvalue weighted by atomic mass is 9.75. The van der Waals surface area contributed by atoms with Crippen molar-refractivity contribution in [3.05, 3.63) is 35.4 Å². The van der Waals surface area contributed by atoms with Crippen molar-refractivity contribution < 1.29 is 14.4 Å². The molecule has 4 heteroatoms. The van der Waals surface area contributed by atoms with Crippen molar-refractivity contribution in [3.8, 4) is 0 Å². The molecule has 0 bridgehead atoms. The van der Waals surface area contributed by atoms with Gasteiger partial charge in [0.1, 0.15) is 0 Å². The molecular formula is C13H11NO3. The predicted octanol–water partition coefficient (Wildman–Crippen LogP) is 0.600. The van der Waals surface area contributed by atoms with Crippen molar-refractivity contribution in [2.75, 3.05) is 6.54 Å². The van der Waals surface area contributed by atoms with E-state index in [-0.39, 0.29) is 18.2 Å². The number of fused-ring (bicyclic) bond motifs is 2. The molecule has 1 amide bonds. The first kappa shape index (κ1) is 10.2. The summed E-state index contributed by atoms with van der Waals surface area (Å²) in [6.07, 6.45) is 0.730. The van der Waals surface area contributed by atoms with E-state index < -0.39 is 11.2 Å². The number of hydrogen-bond donors (Lipinski definition) is 1. The molecule has 0 radical (unpaired) electrons. The van der Waals surface area contributed by atoms with Crippen LogP contribution in [0, 0.1) is 0 Å². The normalized spacial score (nSPS) is 27.2. The second kappa shape index (κ2) is 3.26. The fourth-order valence-electron chi connectivity index (χ4n) is 2.74. The maximum atomic E-state index is 12.1. The summed E-state index contributed by atoms with van der Waals surface area (Å²) >= 11 is 0. The van der Waals surface area contributed by atoms with Crippen molar-refractivity contribution in [1.29, 1.82) is 0 Å². The zero-order valence-electron chi connectivity index (χ0n) is 9.16. The fourth-order valence-corrected chi connectivity index (χ4v) is 2.74. The van der Waals surface area contributed by atoms with Gasteiger partial charge >= 0.3 is 0 Å². The third-order valence-corrected chi connectivity index (χ3v) is 3.69. The average Bonchev–Trinajstić information content (AvgIpc) is 2.57. The summed E-state index contributed by atoms with van der Waals surface area (Å²) in [6.45, 7) is 0.243. The first-order valence-electron chi connectivity index (χ1n) is 5.60. The van der Waals surface area contributed by atoms with Gasteiger partial charge in [0.15, 0.2) is 0 Å². The summed E-state index contributed by atoms with van der Waals surface area (Å²) in [5.41, 5.74) is 0.463. The van der Waals surface area contributed by atoms with E-state index >= 15 is 0 Å². The van der Waals surface area contributed by atoms with Crippen molar-refractivity contribution in [3.63, 3.8) is 0 Å². The molecule has 1 aromatic carbocycles. The van der Waals surface area contributed by atoms with Crippen molar-refractivity contribution >= 4 is 17.5 Å². The molecule has 1 atom stereocenters. The van der Waals surface area contributed by atoms with Crippen LogP contribution in [0.4, 0.5) is 0 Å². The smallest absolute Gasteiger partial charge is 0.229 e. The van der Waals surface area contributed by atoms with Gasteiger partial charge in [0.2, 0.25) is 17.5 Å². The van der Waals surface area contributed by atoms with Crippen LogP contribution in [0.15, 0.2) is 24.3 Å². The Morgan fingerprint density at radius 3 is 2.59 bits per heavy atom. The zero-order valence-corrected chi connectivity index (χ0v) is 9.16. The van der Waals surface area contributed by atoms with Crippen LogP contribution in [0.1, 0.15) is 28.8 Å². The highest BCUT2D eigenvalue weighted by atomic mass is 16.2. The summed E-state index contributed by atoms with van der Waals surface area (Å²) < 4.78 is 0. The van der Waals surface area contributed by atoms with Crippen LogP contribution in [-0.4, -0.2) is 24.0 Å². The number of ketones is 2. The first-order valence-corrected chi connectivity index (χ1v) is 5.60. The molecule has 1 N–H and O–H groups in total. The Labute approximate surface area is 98.0 Å². The first-order chi connectivity index (χ1) is 8.15. The molecule has 0 aromatic heterocycles. The molecule has 86 valence electrons. The fraction of sp³-hybridized carbons (Fsp3) is 0.308. The molecule has 0 saturated carbocycles. The van der Waals surface area contributed by atoms with Gasteiger partial charge in [-0.05, 0) is 12.0 Å². The largest absolute Gasteiger partial charge is 0.355 e. The van der Waals surface area contributed by atoms with E-state index in [1.165, 1.54) is 0 Å². The van der Waals surface area contributed by atoms with Gasteiger partial charge in [-0.15, -0.1) is 0 Å². The quantitative estimate of drug-likeness (QED) is 0.662. The van der Waals surface area contributed by atoms with E-state index in [2.05, 4.69) is 5.32 Å². The monoisotopic (exact) mass is 229 g/mol. The maximum absolute atomic E-state index is 12.1. The van der Waals surface area contributed by atoms with E-state index in [0.717, 1.165) is 5.56 Å². The number of rotatable bonds is 0. The minimum absolute atomic E-state index is 0.0553. The van der Waals surface area contributed by atoms with Crippen LogP contribution < -0.4 is 5.32 Å². The molecule has 4 nitrogen and oxygen atoms in total. The lowest BCUT2D eigenvalue weighted by molar-refractivity contribution is -0.126. The molecule has 1 aliphatic heterocycles. The highest BCUT2D eigenvalue weighted by Crippen LogP contribution is 2.40. The lowest BCUT2D eigenvalue weighted by Crippen LogP contribution is -2.49. The van der Waals surface area contributed by atoms with E-state index in [1.54, 1.807) is 12.1 Å². The minimum atomic E-state index is -0.804. The van der Waals surface area contributed by atoms with Crippen molar-refractivity contribution in [2.24, 2.45) is 0 Å². The van der Waals surface area contributed by atoms with Crippen molar-refractivity contribution in [1.82, 2.24) is 5.32 Å². The third-order valence-electron chi connectivity index (χ3n) is 3.69. The van der Waals surface area contributed by atoms with Crippen LogP contribution in [0.25, 0.3) is 0 Å². The van der Waals surface area contributed by atoms with E-state index in [1.807, 2.05) is 12.1 Å². The Morgan fingerprint density at radius 1 is 1.12 bits per heavy atom. The van der Waals surface area contributed by atoms with E-state index in [9.17, 15) is 14.4 Å². The molecule has 3 rings (SSSR count). The molecule has 1 spiro atoms. The average molecular weight is 229 g/mol. The molecule has 1 fully saturated rings. The standard InChI is InChI=1S/C13H11NO3/c15-10-5-6-13(7-14-10)9-4-2-1-3-8(9)11(16)12(13)17/h1-4H,5-7H2,(H,14,15). The Kier molecular flexibility index (Phi) is 1.96. The molecule has 1 aliphatic carbocycles. The number of carbonyl (C=O) groups is 3. The molecular weight excluding hydrogens is 218 g/mol. The molecule has 1 aromatic rings. The summed E-state index contributed by atoms with van der Waals surface area (Å²) in [5, 5.41) is 2.69. The highest BCUT2D eigenvalue weighted by Gasteiger charge is 2.52. The summed E-state index contributed by atoms with van der Waals surface area (Å²) in [5.74, 6) is -0.851. The summed E-state index contributed by atoms with van der Waals surface area (Å²) in [6, 6.07) is 7.07. The number of piperidine rings is 1. The van der Waals surface area contributed by atoms with Gasteiger partial charge in [0.25, 0.3) is 0 Å². The topological polar surface area (TPSA) is 63.2 Å². The van der Waals surface area contributed by atoms with Crippen LogP contribution in [0.2, 0.25) is 0 Å². The van der Waals surface area contributed by atoms with E-state index in [4.69, 9.17) is 0 Å². The second-order valence-corrected chi connectivity index (χ2v) is 4.56. The van der Waals surface area contributed by atoms with Crippen LogP contribution in [0.5, 0.6) is 0 Å². The summed E-state index contributed by atoms with van der Waals surface area (Å²) in [4.78, 5) is 35.2. The molecule has 1 saturated heterocycles. The maximum Gasteiger partial charge on any atom is 0.229 e. The number of amides is 1. The molecule has 1 unspecified atom stereocenters. The molecule has 17 heavy (non-hydrogen) atoms. The lowest BCUT2D eigenvalue weighted by Gasteiger charge is -2.32. The van der Waals surface area contributed by atoms with Gasteiger partial charge in [-0.2, -0.15) is 0 Å². The zero-order chi connectivity index (χ0) is 12.0. The number of benzene rings is 1. The number of hydrogen-bond acceptors (Lipinski definition) is 3. The van der Waals surface area contributed by atoms with Crippen molar-refractivity contribution in [2.45, 2.75) is 18.3 Å². The molecule has 2 aliphatic rings. The minimum Gasteiger partial charge on any atom is -0.355 e. The predicted molar refractivity (Wildman–Crippen MR) is 59.7 cm³/mol. The Bertz CT molecular complexity index is 537. The van der Waals surface area contributed by atoms with Gasteiger partial charge < -0.3 is 5.32 Å². The van der Waals surface area contributed by atoms with Gasteiger partial charge in [-0.1, -0.05) is 24.3 Å². The SMILES string of the molecule is O=C1CCC2(CN1)C(=O)C(=O)c1ccccc12. The van der Waals surface area contributed by atoms with Crippen LogP contribution in [-0.2, 0) is 15.0 Å². The third kappa shape index (κ3) is 1.21. The van der Waals surface area contributed by atoms with Gasteiger partial charge in [0.05, 0.1) is 5.41 Å². The van der Waals surface area contributed by atoms with Gasteiger partial charge in [-0.3, -0.25) is 14.4 Å². The Hall–Kier alpha value is -1.97. The Morgan fingerprint density at radius 2 is 1.88 bits per heavy atom. The highest BCUT2D eigenvalue weighted by molar-refractivity contribution is 6.50. The van der Waals surface area contributed by atoms with Crippen LogP contribution in [0.3, 0.4) is 0 Å². The van der Waals surface area contributed by atoms with E-state index in [0.29, 0.717) is 18.4 Å². The Balaban J connectivity index is 2.15. The van der Waals surface area contributed by atoms with Crippen LogP contribution >= 0.6 is 0 Å². The molecule has 1 heterocycles. The number of Topliss-reactive ketones (excluding diaryl/α,β-unsaturated/α-hetero) is 2. The summed E-state index contributed by atoms with van der Waals surface area (Å²) in [7, 11) is 0. The second-order valence-electron chi connectivity index (χ2n) is 4.56. The number of carbonyl (C=O) groups excluding carboxylic acids is 3.